The molecule has 0 spiro atoms. The molecule has 0 aliphatic carbocycles. The second kappa shape index (κ2) is 3.80. The van der Waals surface area contributed by atoms with Gasteiger partial charge in [-0.2, -0.15) is 0 Å². The number of aliphatic hydroxyl groups excluding tert-OH is 2. The number of rotatable bonds is 2. The van der Waals surface area contributed by atoms with Crippen LogP contribution in [0.1, 0.15) is 20.3 Å². The van der Waals surface area contributed by atoms with E-state index in [9.17, 15) is 19.8 Å². The summed E-state index contributed by atoms with van der Waals surface area (Å²) in [4.78, 5) is 23.0. The summed E-state index contributed by atoms with van der Waals surface area (Å²) in [5.74, 6) is -0.935. The van der Waals surface area contributed by atoms with Crippen molar-refractivity contribution >= 4 is 11.8 Å². The van der Waals surface area contributed by atoms with Crippen LogP contribution >= 0.6 is 0 Å². The van der Waals surface area contributed by atoms with Crippen LogP contribution in [-0.2, 0) is 9.59 Å². The van der Waals surface area contributed by atoms with E-state index < -0.39 is 23.9 Å². The summed E-state index contributed by atoms with van der Waals surface area (Å²) in [7, 11) is 0. The minimum Gasteiger partial charge on any atom is -0.510 e. The minimum atomic E-state index is -0.442. The monoisotopic (exact) mass is 238 g/mol. The molecule has 0 fully saturated rings. The van der Waals surface area contributed by atoms with Crippen molar-refractivity contribution in [3.8, 4) is 0 Å². The summed E-state index contributed by atoms with van der Waals surface area (Å²) in [6, 6.07) is -0.885. The van der Waals surface area contributed by atoms with Gasteiger partial charge in [-0.3, -0.25) is 9.59 Å². The van der Waals surface area contributed by atoms with Crippen LogP contribution in [0.5, 0.6) is 0 Å². The molecule has 0 bridgehead atoms. The molecule has 0 saturated heterocycles. The molecule has 6 heteroatoms. The topological polar surface area (TPSA) is 98.7 Å². The third-order valence-corrected chi connectivity index (χ3v) is 3.04. The van der Waals surface area contributed by atoms with Gasteiger partial charge in [-0.05, 0) is 13.8 Å². The molecule has 0 aromatic heterocycles. The molecule has 2 rings (SSSR count). The van der Waals surface area contributed by atoms with Gasteiger partial charge < -0.3 is 20.8 Å². The van der Waals surface area contributed by atoms with Gasteiger partial charge in [0, 0.05) is 6.42 Å². The summed E-state index contributed by atoms with van der Waals surface area (Å²) < 4.78 is 0. The third-order valence-electron chi connectivity index (χ3n) is 3.04. The van der Waals surface area contributed by atoms with E-state index in [2.05, 4.69) is 10.6 Å². The van der Waals surface area contributed by atoms with Gasteiger partial charge in [0.15, 0.2) is 0 Å². The Labute approximate surface area is 98.0 Å². The normalized spacial score (nSPS) is 28.8. The average molecular weight is 238 g/mol. The molecule has 0 aromatic rings. The number of aliphatic hydroxyl groups is 2. The van der Waals surface area contributed by atoms with Crippen molar-refractivity contribution in [3.63, 3.8) is 0 Å². The van der Waals surface area contributed by atoms with Gasteiger partial charge in [0.05, 0.1) is 23.2 Å². The van der Waals surface area contributed by atoms with Gasteiger partial charge in [-0.15, -0.1) is 0 Å². The Morgan fingerprint density at radius 1 is 0.941 bits per heavy atom. The molecule has 2 aliphatic rings. The first-order chi connectivity index (χ1) is 7.91. The van der Waals surface area contributed by atoms with Crippen molar-refractivity contribution in [2.24, 2.45) is 0 Å². The van der Waals surface area contributed by atoms with E-state index in [4.69, 9.17) is 0 Å². The van der Waals surface area contributed by atoms with Crippen LogP contribution in [0, 0.1) is 0 Å². The Hall–Kier alpha value is -1.98. The van der Waals surface area contributed by atoms with Crippen molar-refractivity contribution < 1.29 is 19.8 Å². The summed E-state index contributed by atoms with van der Waals surface area (Å²) in [6.45, 7) is 3.29. The average Bonchev–Trinajstić information content (AvgIpc) is 2.62. The van der Waals surface area contributed by atoms with E-state index in [1.165, 1.54) is 0 Å². The Bertz CT molecular complexity index is 422. The summed E-state index contributed by atoms with van der Waals surface area (Å²) in [5.41, 5.74) is 0.284. The predicted octanol–water partition coefficient (Wildman–Crippen LogP) is 0.0373. The number of nitrogens with one attached hydrogen (secondary N) is 2. The van der Waals surface area contributed by atoms with Crippen molar-refractivity contribution in [1.29, 1.82) is 0 Å². The number of carbonyl (C=O) groups excluding carboxylic acids is 2. The lowest BCUT2D eigenvalue weighted by Gasteiger charge is -2.02. The lowest BCUT2D eigenvalue weighted by molar-refractivity contribution is -0.117. The van der Waals surface area contributed by atoms with Gasteiger partial charge in [-0.1, -0.05) is 0 Å². The fourth-order valence-corrected chi connectivity index (χ4v) is 1.98. The molecule has 2 amide bonds. The number of amides is 2. The molecule has 2 atom stereocenters. The van der Waals surface area contributed by atoms with Crippen LogP contribution in [0.25, 0.3) is 0 Å². The first kappa shape index (κ1) is 11.5. The van der Waals surface area contributed by atoms with Crippen molar-refractivity contribution in [1.82, 2.24) is 10.6 Å². The fraction of sp³-hybridized carbons (Fsp3) is 0.455. The van der Waals surface area contributed by atoms with E-state index in [0.717, 1.165) is 0 Å². The van der Waals surface area contributed by atoms with Crippen LogP contribution < -0.4 is 10.6 Å². The molecule has 0 aromatic carbocycles. The van der Waals surface area contributed by atoms with Crippen LogP contribution in [0.3, 0.4) is 0 Å². The fourth-order valence-electron chi connectivity index (χ4n) is 1.98. The minimum absolute atomic E-state index is 0.0516. The second-order valence-electron chi connectivity index (χ2n) is 4.29. The highest BCUT2D eigenvalue weighted by Gasteiger charge is 2.34. The molecule has 92 valence electrons. The van der Waals surface area contributed by atoms with E-state index >= 15 is 0 Å². The zero-order valence-corrected chi connectivity index (χ0v) is 9.57. The van der Waals surface area contributed by atoms with Crippen LogP contribution in [0.15, 0.2) is 22.7 Å². The highest BCUT2D eigenvalue weighted by atomic mass is 16.3. The molecule has 0 unspecified atom stereocenters. The van der Waals surface area contributed by atoms with Gasteiger partial charge in [-0.25, -0.2) is 0 Å². The third kappa shape index (κ3) is 1.75. The van der Waals surface area contributed by atoms with Crippen molar-refractivity contribution in [2.75, 3.05) is 0 Å². The Morgan fingerprint density at radius 3 is 1.53 bits per heavy atom. The first-order valence-electron chi connectivity index (χ1n) is 5.37. The summed E-state index contributed by atoms with van der Waals surface area (Å²) >= 11 is 0. The van der Waals surface area contributed by atoms with Gasteiger partial charge in [0.2, 0.25) is 0 Å². The SMILES string of the molecule is C[C@@H]1NC(=O)C(CC2=C(O)[C@@H](C)NC2=O)=C1O. The predicted molar refractivity (Wildman–Crippen MR) is 59.1 cm³/mol. The Balaban J connectivity index is 2.29. The molecule has 0 saturated carbocycles. The smallest absolute Gasteiger partial charge is 0.251 e. The maximum atomic E-state index is 11.5. The maximum Gasteiger partial charge on any atom is 0.251 e. The number of hydrogen-bond acceptors (Lipinski definition) is 4. The molecule has 6 nitrogen and oxygen atoms in total. The zero-order valence-electron chi connectivity index (χ0n) is 9.57. The van der Waals surface area contributed by atoms with E-state index in [1.54, 1.807) is 13.8 Å². The molecular formula is C11H14N2O4. The molecule has 2 heterocycles. The quantitative estimate of drug-likeness (QED) is 0.545. The number of hydrogen-bond donors (Lipinski definition) is 4. The lowest BCUT2D eigenvalue weighted by atomic mass is 10.0. The lowest BCUT2D eigenvalue weighted by Crippen LogP contribution is -2.26. The largest absolute Gasteiger partial charge is 0.510 e. The Morgan fingerprint density at radius 2 is 1.29 bits per heavy atom. The molecular weight excluding hydrogens is 224 g/mol. The Kier molecular flexibility index (Phi) is 2.57. The van der Waals surface area contributed by atoms with Crippen molar-refractivity contribution in [3.05, 3.63) is 22.7 Å². The van der Waals surface area contributed by atoms with Gasteiger partial charge >= 0.3 is 0 Å². The zero-order chi connectivity index (χ0) is 12.7. The molecule has 17 heavy (non-hydrogen) atoms. The summed E-state index contributed by atoms with van der Waals surface area (Å²) in [6.07, 6.45) is -0.0516. The van der Waals surface area contributed by atoms with Crippen LogP contribution in [0.4, 0.5) is 0 Å². The highest BCUT2D eigenvalue weighted by Crippen LogP contribution is 2.26. The molecule has 4 N–H and O–H groups in total. The van der Waals surface area contributed by atoms with E-state index in [1.807, 2.05) is 0 Å². The standard InChI is InChI=1S/C11H14N2O4/c1-4-8(14)6(10(16)12-4)3-7-9(15)5(2)13-11(7)17/h4-5,14-15H,3H2,1-2H3,(H,12,16)(H,13,17)/t4-,5+. The van der Waals surface area contributed by atoms with Gasteiger partial charge in [0.1, 0.15) is 11.5 Å². The second-order valence-corrected chi connectivity index (χ2v) is 4.29. The van der Waals surface area contributed by atoms with Gasteiger partial charge in [0.25, 0.3) is 11.8 Å². The number of carbonyl (C=O) groups is 2. The van der Waals surface area contributed by atoms with Crippen LogP contribution in [0.2, 0.25) is 0 Å². The van der Waals surface area contributed by atoms with E-state index in [0.29, 0.717) is 0 Å². The van der Waals surface area contributed by atoms with Crippen molar-refractivity contribution in [2.45, 2.75) is 32.4 Å². The van der Waals surface area contributed by atoms with Crippen LogP contribution in [-0.4, -0.2) is 34.1 Å². The van der Waals surface area contributed by atoms with E-state index in [-0.39, 0.29) is 29.1 Å². The first-order valence-corrected chi connectivity index (χ1v) is 5.37. The maximum absolute atomic E-state index is 11.5. The molecule has 0 radical (unpaired) electrons. The molecule has 2 aliphatic heterocycles. The highest BCUT2D eigenvalue weighted by molar-refractivity contribution is 6.02. The summed E-state index contributed by atoms with van der Waals surface area (Å²) in [5, 5.41) is 24.4.